The van der Waals surface area contributed by atoms with Gasteiger partial charge in [0.1, 0.15) is 11.5 Å². The number of nitrogens with one attached hydrogen (secondary N) is 1. The predicted octanol–water partition coefficient (Wildman–Crippen LogP) is 5.66. The van der Waals surface area contributed by atoms with E-state index in [1.807, 2.05) is 56.3 Å². The molecule has 0 spiro atoms. The second kappa shape index (κ2) is 9.94. The molecule has 0 aliphatic heterocycles. The Hall–Kier alpha value is -3.60. The van der Waals surface area contributed by atoms with Crippen molar-refractivity contribution in [2.45, 2.75) is 33.6 Å². The Morgan fingerprint density at radius 1 is 0.871 bits per heavy atom. The van der Waals surface area contributed by atoms with Crippen molar-refractivity contribution in [3.8, 4) is 11.5 Å². The van der Waals surface area contributed by atoms with Crippen LogP contribution in [0.4, 0.5) is 5.69 Å². The van der Waals surface area contributed by atoms with Crippen LogP contribution in [0.5, 0.6) is 11.5 Å². The lowest BCUT2D eigenvalue weighted by molar-refractivity contribution is -0.136. The number of rotatable bonds is 7. The van der Waals surface area contributed by atoms with Crippen molar-refractivity contribution in [3.05, 3.63) is 89.0 Å². The second-order valence-electron chi connectivity index (χ2n) is 7.78. The molecule has 0 fully saturated rings. The molecule has 0 unspecified atom stereocenters. The number of anilines is 1. The molecule has 3 aromatic rings. The van der Waals surface area contributed by atoms with Crippen molar-refractivity contribution in [1.29, 1.82) is 0 Å². The first-order valence-corrected chi connectivity index (χ1v) is 10.2. The molecule has 0 atom stereocenters. The van der Waals surface area contributed by atoms with E-state index in [0.29, 0.717) is 23.0 Å². The molecule has 0 aliphatic carbocycles. The van der Waals surface area contributed by atoms with Gasteiger partial charge >= 0.3 is 5.97 Å². The fraction of sp³-hybridized carbons (Fsp3) is 0.231. The van der Waals surface area contributed by atoms with Crippen LogP contribution in [-0.2, 0) is 4.79 Å². The van der Waals surface area contributed by atoms with Crippen molar-refractivity contribution < 1.29 is 19.1 Å². The fourth-order valence-corrected chi connectivity index (χ4v) is 3.20. The zero-order chi connectivity index (χ0) is 22.4. The van der Waals surface area contributed by atoms with E-state index in [1.165, 1.54) is 5.56 Å². The number of amides is 1. The van der Waals surface area contributed by atoms with E-state index in [2.05, 4.69) is 19.2 Å². The Labute approximate surface area is 183 Å². The molecule has 160 valence electrons. The maximum Gasteiger partial charge on any atom is 0.349 e. The van der Waals surface area contributed by atoms with E-state index >= 15 is 0 Å². The molecular formula is C26H27NO4. The maximum atomic E-state index is 12.3. The summed E-state index contributed by atoms with van der Waals surface area (Å²) in [5.41, 5.74) is 4.69. The van der Waals surface area contributed by atoms with Gasteiger partial charge in [0.05, 0.1) is 0 Å². The normalized spacial score (nSPS) is 10.6. The van der Waals surface area contributed by atoms with Gasteiger partial charge in [-0.1, -0.05) is 37.6 Å². The summed E-state index contributed by atoms with van der Waals surface area (Å²) < 4.78 is 10.9. The van der Waals surface area contributed by atoms with E-state index in [1.54, 1.807) is 24.3 Å². The minimum atomic E-state index is -0.512. The lowest BCUT2D eigenvalue weighted by atomic mass is 9.98. The standard InChI is InChI=1S/C26H27NO4/c1-17(2)24-14-13-23(15-19(24)4)30-16-25(28)31-22-11-7-20(8-12-22)26(29)27-21-9-5-18(3)6-10-21/h5-15,17H,16H2,1-4H3,(H,27,29). The lowest BCUT2D eigenvalue weighted by Gasteiger charge is -2.12. The largest absolute Gasteiger partial charge is 0.482 e. The number of hydrogen-bond donors (Lipinski definition) is 1. The molecule has 0 bridgehead atoms. The monoisotopic (exact) mass is 417 g/mol. The van der Waals surface area contributed by atoms with Gasteiger partial charge in [0.2, 0.25) is 0 Å². The highest BCUT2D eigenvalue weighted by molar-refractivity contribution is 6.04. The molecule has 0 saturated carbocycles. The molecular weight excluding hydrogens is 390 g/mol. The summed E-state index contributed by atoms with van der Waals surface area (Å²) in [4.78, 5) is 24.5. The summed E-state index contributed by atoms with van der Waals surface area (Å²) in [6.45, 7) is 8.09. The molecule has 0 aromatic heterocycles. The Morgan fingerprint density at radius 2 is 1.52 bits per heavy atom. The highest BCUT2D eigenvalue weighted by atomic mass is 16.6. The van der Waals surface area contributed by atoms with E-state index in [9.17, 15) is 9.59 Å². The number of hydrogen-bond acceptors (Lipinski definition) is 4. The number of carbonyl (C=O) groups is 2. The Morgan fingerprint density at radius 3 is 2.13 bits per heavy atom. The first-order chi connectivity index (χ1) is 14.8. The van der Waals surface area contributed by atoms with Crippen LogP contribution in [0.25, 0.3) is 0 Å². The molecule has 1 amide bonds. The van der Waals surface area contributed by atoms with Crippen LogP contribution in [-0.4, -0.2) is 18.5 Å². The summed E-state index contributed by atoms with van der Waals surface area (Å²) in [6, 6.07) is 19.8. The lowest BCUT2D eigenvalue weighted by Crippen LogP contribution is -2.18. The van der Waals surface area contributed by atoms with Gasteiger partial charge in [0.15, 0.2) is 6.61 Å². The van der Waals surface area contributed by atoms with Gasteiger partial charge < -0.3 is 14.8 Å². The second-order valence-corrected chi connectivity index (χ2v) is 7.78. The van der Waals surface area contributed by atoms with Crippen LogP contribution < -0.4 is 14.8 Å². The molecule has 0 aliphatic rings. The molecule has 5 heteroatoms. The van der Waals surface area contributed by atoms with Gasteiger partial charge in [-0.25, -0.2) is 4.79 Å². The number of benzene rings is 3. The molecule has 31 heavy (non-hydrogen) atoms. The van der Waals surface area contributed by atoms with Crippen molar-refractivity contribution >= 4 is 17.6 Å². The van der Waals surface area contributed by atoms with E-state index in [0.717, 1.165) is 16.8 Å². The summed E-state index contributed by atoms with van der Waals surface area (Å²) in [6.07, 6.45) is 0. The molecule has 1 N–H and O–H groups in total. The van der Waals surface area contributed by atoms with Gasteiger partial charge in [-0.15, -0.1) is 0 Å². The summed E-state index contributed by atoms with van der Waals surface area (Å²) in [5.74, 6) is 0.669. The van der Waals surface area contributed by atoms with Crippen LogP contribution in [0.1, 0.15) is 46.8 Å². The molecule has 5 nitrogen and oxygen atoms in total. The Balaban J connectivity index is 1.52. The first kappa shape index (κ1) is 22.1. The van der Waals surface area contributed by atoms with Crippen LogP contribution in [0.15, 0.2) is 66.7 Å². The number of esters is 1. The number of carbonyl (C=O) groups excluding carboxylic acids is 2. The minimum Gasteiger partial charge on any atom is -0.482 e. The molecule has 0 saturated heterocycles. The summed E-state index contributed by atoms with van der Waals surface area (Å²) in [7, 11) is 0. The van der Waals surface area contributed by atoms with E-state index in [-0.39, 0.29) is 12.5 Å². The smallest absolute Gasteiger partial charge is 0.349 e. The van der Waals surface area contributed by atoms with Gasteiger partial charge in [-0.05, 0) is 79.4 Å². The molecule has 3 aromatic carbocycles. The summed E-state index contributed by atoms with van der Waals surface area (Å²) >= 11 is 0. The zero-order valence-electron chi connectivity index (χ0n) is 18.3. The number of ether oxygens (including phenoxy) is 2. The van der Waals surface area contributed by atoms with Crippen molar-refractivity contribution in [2.75, 3.05) is 11.9 Å². The first-order valence-electron chi connectivity index (χ1n) is 10.2. The van der Waals surface area contributed by atoms with Gasteiger partial charge in [0, 0.05) is 11.3 Å². The van der Waals surface area contributed by atoms with E-state index < -0.39 is 5.97 Å². The van der Waals surface area contributed by atoms with Crippen LogP contribution in [0, 0.1) is 13.8 Å². The molecule has 3 rings (SSSR count). The van der Waals surface area contributed by atoms with Gasteiger partial charge in [0.25, 0.3) is 5.91 Å². The van der Waals surface area contributed by atoms with Crippen molar-refractivity contribution in [3.63, 3.8) is 0 Å². The maximum absolute atomic E-state index is 12.3. The Bertz CT molecular complexity index is 1050. The highest BCUT2D eigenvalue weighted by Gasteiger charge is 2.10. The molecule has 0 radical (unpaired) electrons. The summed E-state index contributed by atoms with van der Waals surface area (Å²) in [5, 5.41) is 2.83. The Kier molecular flexibility index (Phi) is 7.08. The minimum absolute atomic E-state index is 0.198. The quantitative estimate of drug-likeness (QED) is 0.398. The van der Waals surface area contributed by atoms with Crippen molar-refractivity contribution in [1.82, 2.24) is 0 Å². The van der Waals surface area contributed by atoms with Crippen LogP contribution in [0.2, 0.25) is 0 Å². The molecule has 0 heterocycles. The average Bonchev–Trinajstić information content (AvgIpc) is 2.74. The SMILES string of the molecule is Cc1ccc(NC(=O)c2ccc(OC(=O)COc3ccc(C(C)C)c(C)c3)cc2)cc1. The third kappa shape index (κ3) is 6.19. The van der Waals surface area contributed by atoms with Gasteiger partial charge in [-0.3, -0.25) is 4.79 Å². The average molecular weight is 418 g/mol. The zero-order valence-corrected chi connectivity index (χ0v) is 18.3. The van der Waals surface area contributed by atoms with Gasteiger partial charge in [-0.2, -0.15) is 0 Å². The van der Waals surface area contributed by atoms with Crippen LogP contribution >= 0.6 is 0 Å². The van der Waals surface area contributed by atoms with Crippen LogP contribution in [0.3, 0.4) is 0 Å². The topological polar surface area (TPSA) is 64.6 Å². The highest BCUT2D eigenvalue weighted by Crippen LogP contribution is 2.23. The fourth-order valence-electron chi connectivity index (χ4n) is 3.20. The third-order valence-electron chi connectivity index (χ3n) is 4.88. The predicted molar refractivity (Wildman–Crippen MR) is 122 cm³/mol. The third-order valence-corrected chi connectivity index (χ3v) is 4.88. The van der Waals surface area contributed by atoms with E-state index in [4.69, 9.17) is 9.47 Å². The number of aryl methyl sites for hydroxylation is 2. The van der Waals surface area contributed by atoms with Crippen molar-refractivity contribution in [2.24, 2.45) is 0 Å².